The second-order valence-corrected chi connectivity index (χ2v) is 8.98. The van der Waals surface area contributed by atoms with E-state index in [2.05, 4.69) is 52.0 Å². The highest BCUT2D eigenvalue weighted by Gasteiger charge is 2.16. The number of hydrogen-bond donors (Lipinski definition) is 2. The zero-order chi connectivity index (χ0) is 23.2. The number of carbonyl (C=O) groups excluding carboxylic acids is 1. The SMILES string of the molecule is Cc1ccc(-n2c(CNC(=O)Nc3ccc(Cl)cc3)nnc2SCc2ccccc2C)cc1. The zero-order valence-corrected chi connectivity index (χ0v) is 20.0. The summed E-state index contributed by atoms with van der Waals surface area (Å²) in [6.07, 6.45) is 0. The molecule has 2 amide bonds. The Morgan fingerprint density at radius 3 is 2.42 bits per heavy atom. The molecule has 4 rings (SSSR count). The summed E-state index contributed by atoms with van der Waals surface area (Å²) >= 11 is 7.52. The molecule has 0 radical (unpaired) electrons. The molecule has 33 heavy (non-hydrogen) atoms. The Hall–Kier alpha value is -3.29. The van der Waals surface area contributed by atoms with Crippen molar-refractivity contribution in [3.8, 4) is 5.69 Å². The molecule has 0 aliphatic carbocycles. The van der Waals surface area contributed by atoms with E-state index in [1.807, 2.05) is 35.8 Å². The maximum atomic E-state index is 12.4. The standard InChI is InChI=1S/C25H24ClN5OS/c1-17-7-13-22(14-8-17)31-23(15-27-24(32)28-21-11-9-20(26)10-12-21)29-30-25(31)33-16-19-6-4-3-5-18(19)2/h3-14H,15-16H2,1-2H3,(H2,27,28,32). The normalized spacial score (nSPS) is 10.8. The molecule has 3 aromatic carbocycles. The molecule has 0 aliphatic rings. The summed E-state index contributed by atoms with van der Waals surface area (Å²) in [4.78, 5) is 12.4. The lowest BCUT2D eigenvalue weighted by molar-refractivity contribution is 0.251. The third-order valence-corrected chi connectivity index (χ3v) is 6.35. The highest BCUT2D eigenvalue weighted by atomic mass is 35.5. The van der Waals surface area contributed by atoms with Gasteiger partial charge in [0.2, 0.25) is 0 Å². The van der Waals surface area contributed by atoms with E-state index in [-0.39, 0.29) is 12.6 Å². The number of thioether (sulfide) groups is 1. The number of halogens is 1. The van der Waals surface area contributed by atoms with E-state index in [4.69, 9.17) is 11.6 Å². The quantitative estimate of drug-likeness (QED) is 0.313. The molecule has 0 spiro atoms. The minimum absolute atomic E-state index is 0.227. The highest BCUT2D eigenvalue weighted by molar-refractivity contribution is 7.98. The molecular weight excluding hydrogens is 454 g/mol. The number of aryl methyl sites for hydroxylation is 2. The van der Waals surface area contributed by atoms with Gasteiger partial charge in [0.1, 0.15) is 0 Å². The van der Waals surface area contributed by atoms with Gasteiger partial charge in [0.15, 0.2) is 11.0 Å². The van der Waals surface area contributed by atoms with Crippen LogP contribution in [0.15, 0.2) is 78.0 Å². The van der Waals surface area contributed by atoms with Gasteiger partial charge in [-0.1, -0.05) is 65.3 Å². The van der Waals surface area contributed by atoms with Crippen LogP contribution in [0.1, 0.15) is 22.5 Å². The lowest BCUT2D eigenvalue weighted by Gasteiger charge is -2.12. The topological polar surface area (TPSA) is 71.8 Å². The molecule has 0 bridgehead atoms. The van der Waals surface area contributed by atoms with Crippen molar-refractivity contribution in [3.63, 3.8) is 0 Å². The van der Waals surface area contributed by atoms with Crippen LogP contribution < -0.4 is 10.6 Å². The lowest BCUT2D eigenvalue weighted by atomic mass is 10.1. The van der Waals surface area contributed by atoms with Crippen molar-refractivity contribution in [3.05, 3.63) is 100 Å². The summed E-state index contributed by atoms with van der Waals surface area (Å²) < 4.78 is 1.99. The molecule has 6 nitrogen and oxygen atoms in total. The average molecular weight is 478 g/mol. The second-order valence-electron chi connectivity index (χ2n) is 7.60. The first-order chi connectivity index (χ1) is 16.0. The van der Waals surface area contributed by atoms with Gasteiger partial charge < -0.3 is 10.6 Å². The Bertz CT molecular complexity index is 1240. The molecule has 0 saturated carbocycles. The Morgan fingerprint density at radius 2 is 1.70 bits per heavy atom. The van der Waals surface area contributed by atoms with Crippen molar-refractivity contribution in [1.82, 2.24) is 20.1 Å². The average Bonchev–Trinajstić information content (AvgIpc) is 3.22. The first kappa shape index (κ1) is 22.9. The van der Waals surface area contributed by atoms with E-state index in [0.29, 0.717) is 16.5 Å². The van der Waals surface area contributed by atoms with Crippen molar-refractivity contribution in [1.29, 1.82) is 0 Å². The fourth-order valence-corrected chi connectivity index (χ4v) is 4.42. The number of anilines is 1. The first-order valence-corrected chi connectivity index (χ1v) is 11.8. The van der Waals surface area contributed by atoms with E-state index in [0.717, 1.165) is 16.6 Å². The molecule has 168 valence electrons. The minimum Gasteiger partial charge on any atom is -0.331 e. The molecule has 4 aromatic rings. The smallest absolute Gasteiger partial charge is 0.319 e. The summed E-state index contributed by atoms with van der Waals surface area (Å²) in [6.45, 7) is 4.38. The van der Waals surface area contributed by atoms with Crippen LogP contribution in [-0.4, -0.2) is 20.8 Å². The number of urea groups is 1. The van der Waals surface area contributed by atoms with Crippen LogP contribution >= 0.6 is 23.4 Å². The van der Waals surface area contributed by atoms with Gasteiger partial charge in [0, 0.05) is 22.2 Å². The predicted octanol–water partition coefficient (Wildman–Crippen LogP) is 6.15. The number of nitrogens with one attached hydrogen (secondary N) is 2. The molecule has 0 aliphatic heterocycles. The first-order valence-electron chi connectivity index (χ1n) is 10.5. The Morgan fingerprint density at radius 1 is 0.970 bits per heavy atom. The summed E-state index contributed by atoms with van der Waals surface area (Å²) in [6, 6.07) is 23.1. The molecule has 8 heteroatoms. The fourth-order valence-electron chi connectivity index (χ4n) is 3.24. The number of rotatable bonds is 7. The summed E-state index contributed by atoms with van der Waals surface area (Å²) in [5.74, 6) is 1.43. The van der Waals surface area contributed by atoms with Gasteiger partial charge in [-0.3, -0.25) is 4.57 Å². The van der Waals surface area contributed by atoms with Gasteiger partial charge in [-0.15, -0.1) is 10.2 Å². The molecule has 0 atom stereocenters. The number of nitrogens with zero attached hydrogens (tertiary/aromatic N) is 3. The van der Waals surface area contributed by atoms with Crippen molar-refractivity contribution < 1.29 is 4.79 Å². The van der Waals surface area contributed by atoms with Gasteiger partial charge in [-0.25, -0.2) is 4.79 Å². The van der Waals surface area contributed by atoms with Crippen LogP contribution in [0.3, 0.4) is 0 Å². The Balaban J connectivity index is 1.51. The minimum atomic E-state index is -0.329. The van der Waals surface area contributed by atoms with Crippen molar-refractivity contribution in [2.45, 2.75) is 31.3 Å². The molecular formula is C25H24ClN5OS. The van der Waals surface area contributed by atoms with Crippen LogP contribution in [0, 0.1) is 13.8 Å². The Labute approximate surface area is 202 Å². The van der Waals surface area contributed by atoms with Gasteiger partial charge in [0.25, 0.3) is 0 Å². The zero-order valence-electron chi connectivity index (χ0n) is 18.4. The largest absolute Gasteiger partial charge is 0.331 e. The lowest BCUT2D eigenvalue weighted by Crippen LogP contribution is -2.29. The van der Waals surface area contributed by atoms with Crippen LogP contribution in [0.2, 0.25) is 5.02 Å². The maximum Gasteiger partial charge on any atom is 0.319 e. The summed E-state index contributed by atoms with van der Waals surface area (Å²) in [5, 5.41) is 15.8. The number of aromatic nitrogens is 3. The second kappa shape index (κ2) is 10.6. The van der Waals surface area contributed by atoms with Gasteiger partial charge in [-0.2, -0.15) is 0 Å². The van der Waals surface area contributed by atoms with Crippen molar-refractivity contribution in [2.24, 2.45) is 0 Å². The van der Waals surface area contributed by atoms with Crippen molar-refractivity contribution in [2.75, 3.05) is 5.32 Å². The monoisotopic (exact) mass is 477 g/mol. The Kier molecular flexibility index (Phi) is 7.32. The molecule has 2 N–H and O–H groups in total. The van der Waals surface area contributed by atoms with E-state index in [9.17, 15) is 4.79 Å². The van der Waals surface area contributed by atoms with Gasteiger partial charge in [-0.05, 0) is 61.4 Å². The third kappa shape index (κ3) is 5.94. The number of hydrogen-bond acceptors (Lipinski definition) is 4. The third-order valence-electron chi connectivity index (χ3n) is 5.12. The summed E-state index contributed by atoms with van der Waals surface area (Å²) in [5.41, 5.74) is 5.28. The van der Waals surface area contributed by atoms with Crippen LogP contribution in [0.5, 0.6) is 0 Å². The molecule has 0 unspecified atom stereocenters. The molecule has 0 fully saturated rings. The summed E-state index contributed by atoms with van der Waals surface area (Å²) in [7, 11) is 0. The van der Waals surface area contributed by atoms with Gasteiger partial charge >= 0.3 is 6.03 Å². The van der Waals surface area contributed by atoms with E-state index in [1.165, 1.54) is 16.7 Å². The fraction of sp³-hybridized carbons (Fsp3) is 0.160. The number of amides is 2. The molecule has 1 heterocycles. The van der Waals surface area contributed by atoms with Crippen LogP contribution in [-0.2, 0) is 12.3 Å². The van der Waals surface area contributed by atoms with Gasteiger partial charge in [0.05, 0.1) is 6.54 Å². The van der Waals surface area contributed by atoms with Crippen molar-refractivity contribution >= 4 is 35.1 Å². The predicted molar refractivity (Wildman–Crippen MR) is 134 cm³/mol. The molecule has 1 aromatic heterocycles. The molecule has 0 saturated heterocycles. The van der Waals surface area contributed by atoms with E-state index < -0.39 is 0 Å². The maximum absolute atomic E-state index is 12.4. The highest BCUT2D eigenvalue weighted by Crippen LogP contribution is 2.26. The van der Waals surface area contributed by atoms with Crippen LogP contribution in [0.4, 0.5) is 10.5 Å². The van der Waals surface area contributed by atoms with E-state index >= 15 is 0 Å². The number of benzene rings is 3. The number of carbonyl (C=O) groups is 1. The van der Waals surface area contributed by atoms with Crippen LogP contribution in [0.25, 0.3) is 5.69 Å². The van der Waals surface area contributed by atoms with E-state index in [1.54, 1.807) is 36.0 Å².